The van der Waals surface area contributed by atoms with Gasteiger partial charge in [-0.3, -0.25) is 9.59 Å². The van der Waals surface area contributed by atoms with Crippen molar-refractivity contribution < 1.29 is 9.59 Å². The fraction of sp³-hybridized carbons (Fsp3) is 0.467. The number of aromatic nitrogens is 2. The Hall–Kier alpha value is -2.02. The first kappa shape index (κ1) is 14.9. The third-order valence-electron chi connectivity index (χ3n) is 4.25. The molecule has 1 aromatic carbocycles. The zero-order valence-electron chi connectivity index (χ0n) is 12.9. The molecule has 0 radical (unpaired) electrons. The molecule has 1 aliphatic heterocycles. The lowest BCUT2D eigenvalue weighted by molar-refractivity contribution is -0.138. The van der Waals surface area contributed by atoms with E-state index < -0.39 is 5.54 Å². The van der Waals surface area contributed by atoms with Gasteiger partial charge in [0.15, 0.2) is 0 Å². The van der Waals surface area contributed by atoms with E-state index in [0.717, 1.165) is 29.2 Å². The SMILES string of the molecule is CN(C)C(=O)C1(C)CCCN1C(=O)c1ccc2nsnc2c1. The zero-order chi connectivity index (χ0) is 15.9. The number of nitrogens with zero attached hydrogens (tertiary/aromatic N) is 4. The van der Waals surface area contributed by atoms with Crippen molar-refractivity contribution in [2.75, 3.05) is 20.6 Å². The predicted molar refractivity (Wildman–Crippen MR) is 84.8 cm³/mol. The summed E-state index contributed by atoms with van der Waals surface area (Å²) in [7, 11) is 3.45. The van der Waals surface area contributed by atoms with Crippen molar-refractivity contribution in [3.8, 4) is 0 Å². The fourth-order valence-electron chi connectivity index (χ4n) is 3.06. The van der Waals surface area contributed by atoms with E-state index in [1.807, 2.05) is 6.92 Å². The highest BCUT2D eigenvalue weighted by Gasteiger charge is 2.46. The maximum Gasteiger partial charge on any atom is 0.254 e. The Morgan fingerprint density at radius 1 is 1.27 bits per heavy atom. The molecule has 1 unspecified atom stereocenters. The summed E-state index contributed by atoms with van der Waals surface area (Å²) in [6, 6.07) is 5.30. The van der Waals surface area contributed by atoms with E-state index in [1.54, 1.807) is 42.1 Å². The summed E-state index contributed by atoms with van der Waals surface area (Å²) in [5.74, 6) is -0.153. The minimum atomic E-state index is -0.768. The van der Waals surface area contributed by atoms with Gasteiger partial charge in [0.2, 0.25) is 5.91 Å². The van der Waals surface area contributed by atoms with Crippen molar-refractivity contribution in [1.82, 2.24) is 18.5 Å². The van der Waals surface area contributed by atoms with Gasteiger partial charge < -0.3 is 9.80 Å². The van der Waals surface area contributed by atoms with Crippen LogP contribution in [0.15, 0.2) is 18.2 Å². The van der Waals surface area contributed by atoms with Gasteiger partial charge in [0.05, 0.1) is 11.7 Å². The van der Waals surface area contributed by atoms with E-state index >= 15 is 0 Å². The summed E-state index contributed by atoms with van der Waals surface area (Å²) in [5, 5.41) is 0. The molecule has 2 amide bonds. The number of carbonyl (C=O) groups is 2. The largest absolute Gasteiger partial charge is 0.347 e. The second kappa shape index (κ2) is 5.31. The number of rotatable bonds is 2. The van der Waals surface area contributed by atoms with Crippen LogP contribution in [0.25, 0.3) is 11.0 Å². The summed E-state index contributed by atoms with van der Waals surface area (Å²) >= 11 is 1.13. The summed E-state index contributed by atoms with van der Waals surface area (Å²) in [6.45, 7) is 2.45. The number of benzene rings is 1. The first-order valence-electron chi connectivity index (χ1n) is 7.19. The molecule has 2 aromatic rings. The van der Waals surface area contributed by atoms with Crippen LogP contribution in [0.5, 0.6) is 0 Å². The van der Waals surface area contributed by atoms with Gasteiger partial charge in [0, 0.05) is 26.2 Å². The highest BCUT2D eigenvalue weighted by molar-refractivity contribution is 7.00. The highest BCUT2D eigenvalue weighted by Crippen LogP contribution is 2.32. The van der Waals surface area contributed by atoms with Gasteiger partial charge in [0.1, 0.15) is 16.6 Å². The number of likely N-dealkylation sites (tertiary alicyclic amines) is 1. The molecule has 0 spiro atoms. The van der Waals surface area contributed by atoms with E-state index in [9.17, 15) is 9.59 Å². The number of likely N-dealkylation sites (N-methyl/N-ethyl adjacent to an activating group) is 1. The summed E-state index contributed by atoms with van der Waals surface area (Å²) < 4.78 is 8.31. The van der Waals surface area contributed by atoms with Crippen molar-refractivity contribution in [3.63, 3.8) is 0 Å². The summed E-state index contributed by atoms with van der Waals surface area (Å²) in [6.07, 6.45) is 1.53. The molecule has 0 aliphatic carbocycles. The molecule has 6 nitrogen and oxygen atoms in total. The van der Waals surface area contributed by atoms with Gasteiger partial charge in [-0.1, -0.05) is 0 Å². The average Bonchev–Trinajstić information content (AvgIpc) is 3.11. The zero-order valence-corrected chi connectivity index (χ0v) is 13.7. The lowest BCUT2D eigenvalue weighted by Crippen LogP contribution is -2.55. The van der Waals surface area contributed by atoms with Crippen LogP contribution in [0.4, 0.5) is 0 Å². The molecular weight excluding hydrogens is 300 g/mol. The topological polar surface area (TPSA) is 66.4 Å². The first-order chi connectivity index (χ1) is 10.4. The number of hydrogen-bond donors (Lipinski definition) is 0. The average molecular weight is 318 g/mol. The van der Waals surface area contributed by atoms with Gasteiger partial charge in [-0.15, -0.1) is 0 Å². The molecular formula is C15H18N4O2S. The van der Waals surface area contributed by atoms with Crippen LogP contribution in [-0.2, 0) is 4.79 Å². The molecule has 116 valence electrons. The number of fused-ring (bicyclic) bond motifs is 1. The standard InChI is InChI=1S/C15H18N4O2S/c1-15(14(21)18(2)3)7-4-8-19(15)13(20)10-5-6-11-12(9-10)17-22-16-11/h5-6,9H,4,7-8H2,1-3H3. The minimum Gasteiger partial charge on any atom is -0.347 e. The quantitative estimate of drug-likeness (QED) is 0.846. The second-order valence-corrected chi connectivity index (χ2v) is 6.53. The molecule has 1 atom stereocenters. The van der Waals surface area contributed by atoms with E-state index in [4.69, 9.17) is 0 Å². The van der Waals surface area contributed by atoms with Crippen molar-refractivity contribution in [1.29, 1.82) is 0 Å². The van der Waals surface area contributed by atoms with Gasteiger partial charge in [-0.25, -0.2) is 0 Å². The fourth-order valence-corrected chi connectivity index (χ4v) is 3.58. The lowest BCUT2D eigenvalue weighted by atomic mass is 9.96. The first-order valence-corrected chi connectivity index (χ1v) is 7.92. The Morgan fingerprint density at radius 3 is 2.73 bits per heavy atom. The predicted octanol–water partition coefficient (Wildman–Crippen LogP) is 1.77. The van der Waals surface area contributed by atoms with Gasteiger partial charge in [-0.2, -0.15) is 8.75 Å². The normalized spacial score (nSPS) is 21.3. The molecule has 3 rings (SSSR count). The Labute approximate surface area is 133 Å². The van der Waals surface area contributed by atoms with E-state index in [0.29, 0.717) is 18.5 Å². The van der Waals surface area contributed by atoms with Gasteiger partial charge >= 0.3 is 0 Å². The maximum absolute atomic E-state index is 12.9. The Bertz CT molecular complexity index is 742. The summed E-state index contributed by atoms with van der Waals surface area (Å²) in [4.78, 5) is 28.6. The molecule has 1 aliphatic rings. The van der Waals surface area contributed by atoms with Gasteiger partial charge in [0.25, 0.3) is 5.91 Å². The van der Waals surface area contributed by atoms with Crippen LogP contribution in [0, 0.1) is 0 Å². The second-order valence-electron chi connectivity index (χ2n) is 6.00. The monoisotopic (exact) mass is 318 g/mol. The van der Waals surface area contributed by atoms with E-state index in [1.165, 1.54) is 0 Å². The Kier molecular flexibility index (Phi) is 3.60. The minimum absolute atomic E-state index is 0.0326. The molecule has 0 bridgehead atoms. The number of amides is 2. The Balaban J connectivity index is 1.94. The third-order valence-corrected chi connectivity index (χ3v) is 4.81. The smallest absolute Gasteiger partial charge is 0.254 e. The van der Waals surface area contributed by atoms with Crippen LogP contribution >= 0.6 is 11.7 Å². The van der Waals surface area contributed by atoms with E-state index in [2.05, 4.69) is 8.75 Å². The van der Waals surface area contributed by atoms with Crippen LogP contribution in [0.3, 0.4) is 0 Å². The molecule has 1 fully saturated rings. The molecule has 1 aromatic heterocycles. The van der Waals surface area contributed by atoms with Crippen LogP contribution < -0.4 is 0 Å². The van der Waals surface area contributed by atoms with Crippen LogP contribution in [0.1, 0.15) is 30.1 Å². The van der Waals surface area contributed by atoms with Crippen molar-refractivity contribution in [2.45, 2.75) is 25.3 Å². The highest BCUT2D eigenvalue weighted by atomic mass is 32.1. The molecule has 0 saturated carbocycles. The van der Waals surface area contributed by atoms with E-state index in [-0.39, 0.29) is 11.8 Å². The molecule has 0 N–H and O–H groups in total. The Morgan fingerprint density at radius 2 is 2.00 bits per heavy atom. The lowest BCUT2D eigenvalue weighted by Gasteiger charge is -2.35. The maximum atomic E-state index is 12.9. The molecule has 2 heterocycles. The van der Waals surface area contributed by atoms with Crippen LogP contribution in [0.2, 0.25) is 0 Å². The number of hydrogen-bond acceptors (Lipinski definition) is 5. The summed E-state index contributed by atoms with van der Waals surface area (Å²) in [5.41, 5.74) is 1.29. The van der Waals surface area contributed by atoms with Gasteiger partial charge in [-0.05, 0) is 38.0 Å². The molecule has 7 heteroatoms. The third kappa shape index (κ3) is 2.25. The van der Waals surface area contributed by atoms with Crippen molar-refractivity contribution >= 4 is 34.6 Å². The number of carbonyl (C=O) groups excluding carboxylic acids is 2. The molecule has 1 saturated heterocycles. The van der Waals surface area contributed by atoms with Crippen LogP contribution in [-0.4, -0.2) is 56.5 Å². The van der Waals surface area contributed by atoms with Crippen molar-refractivity contribution in [3.05, 3.63) is 23.8 Å². The van der Waals surface area contributed by atoms with Crippen molar-refractivity contribution in [2.24, 2.45) is 0 Å². The molecule has 22 heavy (non-hydrogen) atoms.